The Morgan fingerprint density at radius 2 is 1.52 bits per heavy atom. The Balaban J connectivity index is 1.59. The van der Waals surface area contributed by atoms with Gasteiger partial charge < -0.3 is 15.0 Å². The zero-order valence-corrected chi connectivity index (χ0v) is 17.5. The summed E-state index contributed by atoms with van der Waals surface area (Å²) in [5.41, 5.74) is 2.78. The van der Waals surface area contributed by atoms with E-state index in [2.05, 4.69) is 29.6 Å². The van der Waals surface area contributed by atoms with Crippen LogP contribution >= 0.6 is 0 Å². The van der Waals surface area contributed by atoms with E-state index in [0.29, 0.717) is 30.9 Å². The molecule has 0 aliphatic carbocycles. The predicted molar refractivity (Wildman–Crippen MR) is 121 cm³/mol. The monoisotopic (exact) mass is 414 g/mol. The zero-order valence-electron chi connectivity index (χ0n) is 17.5. The fraction of sp³-hybridized carbons (Fsp3) is 0.231. The molecule has 31 heavy (non-hydrogen) atoms. The van der Waals surface area contributed by atoms with Crippen molar-refractivity contribution in [2.24, 2.45) is 5.92 Å². The number of nitrogens with zero attached hydrogens (tertiary/aromatic N) is 1. The van der Waals surface area contributed by atoms with Gasteiger partial charge in [0.05, 0.1) is 12.8 Å². The first-order chi connectivity index (χ1) is 15.2. The Morgan fingerprint density at radius 1 is 0.935 bits per heavy atom. The van der Waals surface area contributed by atoms with Crippen LogP contribution in [0.15, 0.2) is 84.9 Å². The molecular formula is C26H26N2O3. The summed E-state index contributed by atoms with van der Waals surface area (Å²) in [6.07, 6.45) is 0.347. The Morgan fingerprint density at radius 3 is 2.13 bits per heavy atom. The van der Waals surface area contributed by atoms with E-state index < -0.39 is 0 Å². The first-order valence-electron chi connectivity index (χ1n) is 10.5. The average Bonchev–Trinajstić information content (AvgIpc) is 2.82. The van der Waals surface area contributed by atoms with Crippen molar-refractivity contribution < 1.29 is 14.3 Å². The molecule has 1 atom stereocenters. The van der Waals surface area contributed by atoms with E-state index in [4.69, 9.17) is 4.74 Å². The van der Waals surface area contributed by atoms with Crippen molar-refractivity contribution >= 4 is 17.5 Å². The summed E-state index contributed by atoms with van der Waals surface area (Å²) in [7, 11) is 1.57. The highest BCUT2D eigenvalue weighted by atomic mass is 16.5. The van der Waals surface area contributed by atoms with Gasteiger partial charge in [-0.2, -0.15) is 0 Å². The van der Waals surface area contributed by atoms with E-state index in [0.717, 1.165) is 11.1 Å². The molecule has 1 N–H and O–H groups in total. The summed E-state index contributed by atoms with van der Waals surface area (Å²) < 4.78 is 5.34. The van der Waals surface area contributed by atoms with Gasteiger partial charge in [-0.1, -0.05) is 72.8 Å². The number of methoxy groups -OCH3 is 1. The Labute approximate surface area is 182 Å². The van der Waals surface area contributed by atoms with Gasteiger partial charge in [0.25, 0.3) is 0 Å². The number of carbonyl (C=O) groups is 2. The van der Waals surface area contributed by atoms with Gasteiger partial charge in [0.1, 0.15) is 11.5 Å². The fourth-order valence-corrected chi connectivity index (χ4v) is 4.26. The summed E-state index contributed by atoms with van der Waals surface area (Å²) in [4.78, 5) is 27.8. The molecule has 1 fully saturated rings. The van der Waals surface area contributed by atoms with Crippen LogP contribution < -0.4 is 10.1 Å². The van der Waals surface area contributed by atoms with Crippen LogP contribution in [0.2, 0.25) is 0 Å². The van der Waals surface area contributed by atoms with Crippen molar-refractivity contribution in [1.29, 1.82) is 0 Å². The number of rotatable bonds is 5. The number of ketones is 1. The van der Waals surface area contributed by atoms with Gasteiger partial charge in [-0.25, -0.2) is 4.79 Å². The highest BCUT2D eigenvalue weighted by Gasteiger charge is 2.37. The third-order valence-corrected chi connectivity index (χ3v) is 5.81. The topological polar surface area (TPSA) is 58.6 Å². The molecule has 158 valence electrons. The minimum atomic E-state index is -0.304. The number of ether oxygens (including phenoxy) is 1. The standard InChI is InChI=1S/C26H26N2O3/c1-31-24-15-9-8-14-22(24)27-26(30)28-17-16-23(29)21(18-28)25(19-10-4-2-5-11-19)20-12-6-3-7-13-20/h2-15,21,25H,16-18H2,1H3,(H,27,30). The van der Waals surface area contributed by atoms with Gasteiger partial charge in [-0.3, -0.25) is 4.79 Å². The average molecular weight is 415 g/mol. The minimum absolute atomic E-state index is 0.100. The van der Waals surface area contributed by atoms with E-state index >= 15 is 0 Å². The number of para-hydroxylation sites is 2. The Bertz CT molecular complexity index is 997. The van der Waals surface area contributed by atoms with Gasteiger partial charge in [0.15, 0.2) is 0 Å². The highest BCUT2D eigenvalue weighted by molar-refractivity contribution is 5.93. The number of likely N-dealkylation sites (tertiary alicyclic amines) is 1. The van der Waals surface area contributed by atoms with Gasteiger partial charge in [0.2, 0.25) is 0 Å². The molecule has 0 aromatic heterocycles. The number of anilines is 1. The summed E-state index contributed by atoms with van der Waals surface area (Å²) in [6, 6.07) is 27.2. The number of benzene rings is 3. The first kappa shape index (κ1) is 20.7. The van der Waals surface area contributed by atoms with Crippen LogP contribution in [0.1, 0.15) is 23.5 Å². The molecule has 1 saturated heterocycles. The predicted octanol–water partition coefficient (Wildman–Crippen LogP) is 4.95. The second kappa shape index (κ2) is 9.47. The number of piperidine rings is 1. The van der Waals surface area contributed by atoms with Crippen molar-refractivity contribution in [2.45, 2.75) is 12.3 Å². The second-order valence-electron chi connectivity index (χ2n) is 7.70. The maximum atomic E-state index is 13.0. The number of hydrogen-bond donors (Lipinski definition) is 1. The zero-order chi connectivity index (χ0) is 21.6. The van der Waals surface area contributed by atoms with Crippen molar-refractivity contribution in [3.8, 4) is 5.75 Å². The van der Waals surface area contributed by atoms with Crippen LogP contribution in [0.25, 0.3) is 0 Å². The van der Waals surface area contributed by atoms with Crippen LogP contribution in [0, 0.1) is 5.92 Å². The maximum Gasteiger partial charge on any atom is 0.321 e. The normalized spacial score (nSPS) is 16.3. The molecule has 1 aliphatic heterocycles. The Kier molecular flexibility index (Phi) is 6.32. The lowest BCUT2D eigenvalue weighted by Gasteiger charge is -2.36. The van der Waals surface area contributed by atoms with Crippen molar-refractivity contribution in [3.63, 3.8) is 0 Å². The summed E-state index contributed by atoms with van der Waals surface area (Å²) in [6.45, 7) is 0.779. The quantitative estimate of drug-likeness (QED) is 0.643. The number of urea groups is 1. The molecule has 0 bridgehead atoms. The molecule has 3 aromatic rings. The molecule has 3 aromatic carbocycles. The van der Waals surface area contributed by atoms with Crippen LogP contribution in [0.3, 0.4) is 0 Å². The second-order valence-corrected chi connectivity index (χ2v) is 7.70. The highest BCUT2D eigenvalue weighted by Crippen LogP contribution is 2.36. The Hall–Kier alpha value is -3.60. The van der Waals surface area contributed by atoms with Crippen molar-refractivity contribution in [3.05, 3.63) is 96.1 Å². The van der Waals surface area contributed by atoms with Gasteiger partial charge >= 0.3 is 6.03 Å². The van der Waals surface area contributed by atoms with Gasteiger partial charge in [-0.15, -0.1) is 0 Å². The number of hydrogen-bond acceptors (Lipinski definition) is 3. The molecule has 0 saturated carbocycles. The van der Waals surface area contributed by atoms with Crippen LogP contribution in [-0.2, 0) is 4.79 Å². The molecule has 0 spiro atoms. The first-order valence-corrected chi connectivity index (χ1v) is 10.5. The number of amides is 2. The third-order valence-electron chi connectivity index (χ3n) is 5.81. The molecule has 5 nitrogen and oxygen atoms in total. The van der Waals surface area contributed by atoms with Crippen LogP contribution in [0.5, 0.6) is 5.75 Å². The molecule has 1 aliphatic rings. The molecule has 1 unspecified atom stereocenters. The number of nitrogens with one attached hydrogen (secondary N) is 1. The minimum Gasteiger partial charge on any atom is -0.495 e. The van der Waals surface area contributed by atoms with E-state index in [1.165, 1.54) is 0 Å². The van der Waals surface area contributed by atoms with Crippen molar-refractivity contribution in [2.75, 3.05) is 25.5 Å². The molecule has 0 radical (unpaired) electrons. The SMILES string of the molecule is COc1ccccc1NC(=O)N1CCC(=O)C(C(c2ccccc2)c2ccccc2)C1. The van der Waals surface area contributed by atoms with Crippen molar-refractivity contribution in [1.82, 2.24) is 4.90 Å². The molecule has 1 heterocycles. The molecular weight excluding hydrogens is 388 g/mol. The summed E-state index contributed by atoms with van der Waals surface area (Å²) in [5, 5.41) is 2.94. The third kappa shape index (κ3) is 4.61. The van der Waals surface area contributed by atoms with E-state index in [1.807, 2.05) is 48.5 Å². The lowest BCUT2D eigenvalue weighted by molar-refractivity contribution is -0.125. The summed E-state index contributed by atoms with van der Waals surface area (Å²) >= 11 is 0. The fourth-order valence-electron chi connectivity index (χ4n) is 4.26. The largest absolute Gasteiger partial charge is 0.495 e. The van der Waals surface area contributed by atoms with Crippen LogP contribution in [-0.4, -0.2) is 36.9 Å². The van der Waals surface area contributed by atoms with Gasteiger partial charge in [0, 0.05) is 31.3 Å². The molecule has 5 heteroatoms. The number of Topliss-reactive ketones (excluding diaryl/α,β-unsaturated/α-hetero) is 1. The number of carbonyl (C=O) groups excluding carboxylic acids is 2. The lowest BCUT2D eigenvalue weighted by atomic mass is 9.76. The van der Waals surface area contributed by atoms with E-state index in [9.17, 15) is 9.59 Å². The lowest BCUT2D eigenvalue weighted by Crippen LogP contribution is -2.47. The molecule has 2 amide bonds. The maximum absolute atomic E-state index is 13.0. The molecule has 4 rings (SSSR count). The van der Waals surface area contributed by atoms with E-state index in [-0.39, 0.29) is 23.7 Å². The summed E-state index contributed by atoms with van der Waals surface area (Å²) in [5.74, 6) is 0.393. The smallest absolute Gasteiger partial charge is 0.321 e. The van der Waals surface area contributed by atoms with E-state index in [1.54, 1.807) is 24.1 Å². The van der Waals surface area contributed by atoms with Crippen LogP contribution in [0.4, 0.5) is 10.5 Å². The van der Waals surface area contributed by atoms with Gasteiger partial charge in [-0.05, 0) is 23.3 Å².